The Morgan fingerprint density at radius 2 is 1.40 bits per heavy atom. The number of primary sulfonamides is 1. The molecule has 0 amide bonds. The third-order valence-electron chi connectivity index (χ3n) is 2.44. The zero-order valence-electron chi connectivity index (χ0n) is 10.7. The van der Waals surface area contributed by atoms with Gasteiger partial charge in [-0.3, -0.25) is 0 Å². The lowest BCUT2D eigenvalue weighted by Gasteiger charge is -2.08. The van der Waals surface area contributed by atoms with Gasteiger partial charge < -0.3 is 9.47 Å². The summed E-state index contributed by atoms with van der Waals surface area (Å²) in [4.78, 5) is 0. The summed E-state index contributed by atoms with van der Waals surface area (Å²) in [6.07, 6.45) is 0. The first-order valence-corrected chi connectivity index (χ1v) is 7.71. The molecule has 0 saturated carbocycles. The van der Waals surface area contributed by atoms with Gasteiger partial charge in [-0.2, -0.15) is 0 Å². The van der Waals surface area contributed by atoms with Gasteiger partial charge >= 0.3 is 0 Å². The molecule has 0 bridgehead atoms. The minimum atomic E-state index is -3.49. The molecule has 0 atom stereocenters. The van der Waals surface area contributed by atoms with Gasteiger partial charge in [-0.05, 0) is 36.4 Å². The molecule has 0 aliphatic carbocycles. The second-order valence-corrected chi connectivity index (χ2v) is 5.84. The van der Waals surface area contributed by atoms with E-state index in [1.807, 2.05) is 30.3 Å². The molecule has 20 heavy (non-hydrogen) atoms. The molecule has 0 spiro atoms. The molecule has 0 radical (unpaired) electrons. The van der Waals surface area contributed by atoms with E-state index in [2.05, 4.69) is 0 Å². The maximum Gasteiger partial charge on any atom is 0.212 e. The van der Waals surface area contributed by atoms with E-state index in [1.54, 1.807) is 24.3 Å². The van der Waals surface area contributed by atoms with Gasteiger partial charge in [-0.25, -0.2) is 13.6 Å². The van der Waals surface area contributed by atoms with Gasteiger partial charge in [0.05, 0.1) is 5.75 Å². The van der Waals surface area contributed by atoms with Crippen LogP contribution in [0.1, 0.15) is 0 Å². The molecule has 2 N–H and O–H groups in total. The van der Waals surface area contributed by atoms with E-state index in [0.717, 1.165) is 5.75 Å². The first kappa shape index (κ1) is 14.4. The lowest BCUT2D eigenvalue weighted by atomic mass is 10.3. The number of rotatable bonds is 6. The second-order valence-electron chi connectivity index (χ2n) is 4.10. The molecule has 2 aromatic rings. The van der Waals surface area contributed by atoms with Gasteiger partial charge in [-0.1, -0.05) is 18.2 Å². The summed E-state index contributed by atoms with van der Waals surface area (Å²) in [5.41, 5.74) is 0. The van der Waals surface area contributed by atoms with Crippen LogP contribution in [-0.4, -0.2) is 20.8 Å². The number of hydrogen-bond donors (Lipinski definition) is 1. The molecule has 2 rings (SSSR count). The largest absolute Gasteiger partial charge is 0.492 e. The molecular formula is C14H15NO4S. The number of para-hydroxylation sites is 1. The van der Waals surface area contributed by atoms with Crippen molar-refractivity contribution in [2.24, 2.45) is 5.14 Å². The number of hydrogen-bond acceptors (Lipinski definition) is 4. The fraction of sp³-hybridized carbons (Fsp3) is 0.143. The van der Waals surface area contributed by atoms with E-state index < -0.39 is 10.0 Å². The average molecular weight is 293 g/mol. The summed E-state index contributed by atoms with van der Waals surface area (Å²) >= 11 is 0. The molecule has 0 aliphatic heterocycles. The monoisotopic (exact) mass is 293 g/mol. The summed E-state index contributed by atoms with van der Waals surface area (Å²) in [6.45, 7) is 0.0255. The van der Waals surface area contributed by atoms with E-state index in [9.17, 15) is 8.42 Å². The Morgan fingerprint density at radius 3 is 2.00 bits per heavy atom. The maximum absolute atomic E-state index is 10.8. The van der Waals surface area contributed by atoms with Crippen LogP contribution < -0.4 is 14.6 Å². The van der Waals surface area contributed by atoms with Crippen molar-refractivity contribution in [1.29, 1.82) is 0 Å². The minimum Gasteiger partial charge on any atom is -0.492 e. The summed E-state index contributed by atoms with van der Waals surface area (Å²) in [5.74, 6) is 1.77. The smallest absolute Gasteiger partial charge is 0.212 e. The lowest BCUT2D eigenvalue weighted by Crippen LogP contribution is -2.21. The van der Waals surface area contributed by atoms with E-state index in [0.29, 0.717) is 11.5 Å². The number of benzene rings is 2. The van der Waals surface area contributed by atoms with Crippen LogP contribution in [0.3, 0.4) is 0 Å². The van der Waals surface area contributed by atoms with Crippen molar-refractivity contribution < 1.29 is 17.9 Å². The standard InChI is InChI=1S/C14H15NO4S/c15-20(16,17)11-10-18-12-6-8-14(9-7-12)19-13-4-2-1-3-5-13/h1-9H,10-11H2,(H2,15,16,17). The van der Waals surface area contributed by atoms with Crippen molar-refractivity contribution in [1.82, 2.24) is 0 Å². The van der Waals surface area contributed by atoms with Gasteiger partial charge in [0.2, 0.25) is 10.0 Å². The Balaban J connectivity index is 1.90. The molecule has 106 valence electrons. The first-order chi connectivity index (χ1) is 9.53. The van der Waals surface area contributed by atoms with Crippen LogP contribution in [0.5, 0.6) is 17.2 Å². The van der Waals surface area contributed by atoms with Crippen LogP contribution in [0.25, 0.3) is 0 Å². The Morgan fingerprint density at radius 1 is 0.850 bits per heavy atom. The number of nitrogens with two attached hydrogens (primary N) is 1. The van der Waals surface area contributed by atoms with Gasteiger partial charge in [0.15, 0.2) is 0 Å². The Hall–Kier alpha value is -2.05. The van der Waals surface area contributed by atoms with Crippen molar-refractivity contribution in [3.8, 4) is 17.2 Å². The van der Waals surface area contributed by atoms with Crippen LogP contribution in [-0.2, 0) is 10.0 Å². The average Bonchev–Trinajstić information content (AvgIpc) is 2.41. The predicted octanol–water partition coefficient (Wildman–Crippen LogP) is 2.15. The Labute approximate surface area is 118 Å². The fourth-order valence-electron chi connectivity index (χ4n) is 1.50. The minimum absolute atomic E-state index is 0.0255. The number of sulfonamides is 1. The Kier molecular flexibility index (Phi) is 4.60. The highest BCUT2D eigenvalue weighted by molar-refractivity contribution is 7.89. The van der Waals surface area contributed by atoms with Crippen molar-refractivity contribution in [3.05, 3.63) is 54.6 Å². The summed E-state index contributed by atoms with van der Waals surface area (Å²) < 4.78 is 32.4. The van der Waals surface area contributed by atoms with Crippen molar-refractivity contribution in [3.63, 3.8) is 0 Å². The van der Waals surface area contributed by atoms with E-state index in [-0.39, 0.29) is 12.4 Å². The molecule has 2 aromatic carbocycles. The molecule has 0 heterocycles. The second kappa shape index (κ2) is 6.40. The summed E-state index contributed by atoms with van der Waals surface area (Å²) in [6, 6.07) is 16.3. The Bertz CT molecular complexity index is 639. The molecule has 5 nitrogen and oxygen atoms in total. The van der Waals surface area contributed by atoms with E-state index in [4.69, 9.17) is 14.6 Å². The summed E-state index contributed by atoms with van der Waals surface area (Å²) in [5, 5.41) is 4.88. The third-order valence-corrected chi connectivity index (χ3v) is 3.17. The highest BCUT2D eigenvalue weighted by Gasteiger charge is 2.03. The molecule has 0 unspecified atom stereocenters. The molecule has 0 saturated heterocycles. The van der Waals surface area contributed by atoms with Crippen molar-refractivity contribution in [2.45, 2.75) is 0 Å². The summed E-state index contributed by atoms with van der Waals surface area (Å²) in [7, 11) is -3.49. The molecular weight excluding hydrogens is 278 g/mol. The normalized spacial score (nSPS) is 11.1. The van der Waals surface area contributed by atoms with Crippen LogP contribution in [0.15, 0.2) is 54.6 Å². The van der Waals surface area contributed by atoms with Gasteiger partial charge in [-0.15, -0.1) is 0 Å². The van der Waals surface area contributed by atoms with Crippen molar-refractivity contribution in [2.75, 3.05) is 12.4 Å². The SMILES string of the molecule is NS(=O)(=O)CCOc1ccc(Oc2ccccc2)cc1. The van der Waals surface area contributed by atoms with Crippen LogP contribution >= 0.6 is 0 Å². The van der Waals surface area contributed by atoms with Gasteiger partial charge in [0.1, 0.15) is 23.9 Å². The highest BCUT2D eigenvalue weighted by Crippen LogP contribution is 2.23. The number of ether oxygens (including phenoxy) is 2. The third kappa shape index (κ3) is 4.91. The zero-order valence-corrected chi connectivity index (χ0v) is 11.5. The first-order valence-electron chi connectivity index (χ1n) is 5.99. The highest BCUT2D eigenvalue weighted by atomic mass is 32.2. The van der Waals surface area contributed by atoms with Gasteiger partial charge in [0, 0.05) is 0 Å². The fourth-order valence-corrected chi connectivity index (χ4v) is 1.82. The van der Waals surface area contributed by atoms with E-state index >= 15 is 0 Å². The quantitative estimate of drug-likeness (QED) is 0.885. The predicted molar refractivity (Wildman–Crippen MR) is 76.4 cm³/mol. The molecule has 6 heteroatoms. The maximum atomic E-state index is 10.8. The van der Waals surface area contributed by atoms with Crippen LogP contribution in [0.4, 0.5) is 0 Å². The van der Waals surface area contributed by atoms with Crippen LogP contribution in [0.2, 0.25) is 0 Å². The van der Waals surface area contributed by atoms with E-state index in [1.165, 1.54) is 0 Å². The molecule has 0 fully saturated rings. The van der Waals surface area contributed by atoms with Crippen LogP contribution in [0, 0.1) is 0 Å². The molecule has 0 aliphatic rings. The zero-order chi connectivity index (χ0) is 14.4. The lowest BCUT2D eigenvalue weighted by molar-refractivity contribution is 0.340. The molecule has 0 aromatic heterocycles. The van der Waals surface area contributed by atoms with Crippen molar-refractivity contribution >= 4 is 10.0 Å². The topological polar surface area (TPSA) is 78.6 Å². The van der Waals surface area contributed by atoms with Gasteiger partial charge in [0.25, 0.3) is 0 Å².